The second-order valence-corrected chi connectivity index (χ2v) is 7.74. The van der Waals surface area contributed by atoms with Crippen molar-refractivity contribution in [2.45, 2.75) is 13.0 Å². The van der Waals surface area contributed by atoms with Gasteiger partial charge >= 0.3 is 0 Å². The summed E-state index contributed by atoms with van der Waals surface area (Å²) in [5.74, 6) is -4.22. The Morgan fingerprint density at radius 1 is 1.19 bits per heavy atom. The minimum atomic E-state index is -1.69. The minimum absolute atomic E-state index is 0.101. The van der Waals surface area contributed by atoms with E-state index in [-0.39, 0.29) is 16.9 Å². The van der Waals surface area contributed by atoms with Crippen LogP contribution in [0.2, 0.25) is 0 Å². The molecule has 36 heavy (non-hydrogen) atoms. The van der Waals surface area contributed by atoms with Gasteiger partial charge in [-0.1, -0.05) is 0 Å². The van der Waals surface area contributed by atoms with E-state index in [9.17, 15) is 28.3 Å². The molecule has 1 atom stereocenters. The lowest BCUT2D eigenvalue weighted by Crippen LogP contribution is -2.32. The molecule has 9 nitrogen and oxygen atoms in total. The molecule has 0 saturated carbocycles. The molecule has 0 fully saturated rings. The van der Waals surface area contributed by atoms with Crippen molar-refractivity contribution >= 4 is 11.4 Å². The van der Waals surface area contributed by atoms with Crippen LogP contribution in [0.1, 0.15) is 23.0 Å². The van der Waals surface area contributed by atoms with Gasteiger partial charge in [0.05, 0.1) is 31.4 Å². The number of aliphatic hydroxyl groups is 1. The lowest BCUT2D eigenvalue weighted by molar-refractivity contribution is 0.236. The number of nitrogens with one attached hydrogen (secondary N) is 1. The topological polar surface area (TPSA) is 118 Å². The Bertz CT molecular complexity index is 1520. The molecule has 184 valence electrons. The number of aromatic nitrogens is 4. The van der Waals surface area contributed by atoms with E-state index < -0.39 is 35.7 Å². The molecule has 0 bridgehead atoms. The van der Waals surface area contributed by atoms with E-state index in [2.05, 4.69) is 15.4 Å². The number of halogens is 3. The molecule has 0 radical (unpaired) electrons. The molecule has 2 aromatic heterocycles. The summed E-state index contributed by atoms with van der Waals surface area (Å²) >= 11 is 0. The number of aryl methyl sites for hydroxylation is 1. The third-order valence-electron chi connectivity index (χ3n) is 5.36. The van der Waals surface area contributed by atoms with Crippen molar-refractivity contribution < 1.29 is 23.0 Å². The van der Waals surface area contributed by atoms with Crippen molar-refractivity contribution in [3.05, 3.63) is 93.7 Å². The maximum absolute atomic E-state index is 13.8. The van der Waals surface area contributed by atoms with Crippen molar-refractivity contribution in [3.63, 3.8) is 0 Å². The summed E-state index contributed by atoms with van der Waals surface area (Å²) in [4.78, 5) is 17.4. The fraction of sp³-hybridized carbons (Fsp3) is 0.167. The first-order chi connectivity index (χ1) is 17.2. The Labute approximate surface area is 202 Å². The van der Waals surface area contributed by atoms with Crippen molar-refractivity contribution in [2.24, 2.45) is 0 Å². The summed E-state index contributed by atoms with van der Waals surface area (Å²) < 4.78 is 49.0. The quantitative estimate of drug-likeness (QED) is 0.377. The van der Waals surface area contributed by atoms with Gasteiger partial charge in [0.25, 0.3) is 5.56 Å². The molecule has 4 aromatic rings. The Kier molecular flexibility index (Phi) is 6.75. The van der Waals surface area contributed by atoms with Crippen LogP contribution in [0.15, 0.2) is 53.7 Å². The maximum Gasteiger partial charge on any atom is 0.291 e. The van der Waals surface area contributed by atoms with Crippen LogP contribution in [-0.4, -0.2) is 38.2 Å². The van der Waals surface area contributed by atoms with E-state index >= 15 is 0 Å². The highest BCUT2D eigenvalue weighted by molar-refractivity contribution is 5.65. The minimum Gasteiger partial charge on any atom is -0.494 e. The Morgan fingerprint density at radius 2 is 1.92 bits per heavy atom. The molecule has 2 heterocycles. The number of anilines is 2. The first-order valence-corrected chi connectivity index (χ1v) is 10.5. The summed E-state index contributed by atoms with van der Waals surface area (Å²) in [5, 5.41) is 26.1. The van der Waals surface area contributed by atoms with Crippen LogP contribution in [0, 0.1) is 35.7 Å². The number of benzene rings is 2. The summed E-state index contributed by atoms with van der Waals surface area (Å²) in [7, 11) is 1.48. The highest BCUT2D eigenvalue weighted by Crippen LogP contribution is 2.28. The van der Waals surface area contributed by atoms with Crippen molar-refractivity contribution in [3.8, 4) is 17.5 Å². The van der Waals surface area contributed by atoms with E-state index in [0.29, 0.717) is 33.9 Å². The molecule has 0 spiro atoms. The van der Waals surface area contributed by atoms with Crippen LogP contribution < -0.4 is 15.6 Å². The lowest BCUT2D eigenvalue weighted by Gasteiger charge is -2.19. The number of methoxy groups -OCH3 is 1. The monoisotopic (exact) mass is 496 g/mol. The van der Waals surface area contributed by atoms with Gasteiger partial charge in [0, 0.05) is 24.0 Å². The molecule has 4 rings (SSSR count). The van der Waals surface area contributed by atoms with Crippen LogP contribution in [-0.2, 0) is 0 Å². The van der Waals surface area contributed by atoms with Gasteiger partial charge in [-0.2, -0.15) is 10.4 Å². The van der Waals surface area contributed by atoms with Crippen LogP contribution in [0.3, 0.4) is 0 Å². The summed E-state index contributed by atoms with van der Waals surface area (Å²) in [6.07, 6.45) is 3.43. The number of ether oxygens (including phenoxy) is 1. The van der Waals surface area contributed by atoms with Crippen molar-refractivity contribution in [2.75, 3.05) is 19.0 Å². The summed E-state index contributed by atoms with van der Waals surface area (Å²) in [5.41, 5.74) is 0.560. The lowest BCUT2D eigenvalue weighted by atomic mass is 10.1. The predicted molar refractivity (Wildman–Crippen MR) is 123 cm³/mol. The largest absolute Gasteiger partial charge is 0.494 e. The fourth-order valence-corrected chi connectivity index (χ4v) is 3.64. The smallest absolute Gasteiger partial charge is 0.291 e. The highest BCUT2D eigenvalue weighted by atomic mass is 19.2. The number of rotatable bonds is 7. The van der Waals surface area contributed by atoms with Crippen LogP contribution in [0.5, 0.6) is 5.75 Å². The number of aliphatic hydroxyl groups excluding tert-OH is 1. The molecule has 0 unspecified atom stereocenters. The summed E-state index contributed by atoms with van der Waals surface area (Å²) in [6.45, 7) is 1.03. The average molecular weight is 496 g/mol. The van der Waals surface area contributed by atoms with E-state index in [0.717, 1.165) is 5.69 Å². The fourth-order valence-electron chi connectivity index (χ4n) is 3.64. The second kappa shape index (κ2) is 9.93. The van der Waals surface area contributed by atoms with Crippen LogP contribution in [0.4, 0.5) is 24.5 Å². The molecular formula is C24H19F3N6O3. The molecule has 2 aromatic carbocycles. The second-order valence-electron chi connectivity index (χ2n) is 7.74. The molecule has 0 saturated heterocycles. The van der Waals surface area contributed by atoms with Gasteiger partial charge in [0.15, 0.2) is 23.1 Å². The first-order valence-electron chi connectivity index (χ1n) is 10.5. The van der Waals surface area contributed by atoms with E-state index in [1.54, 1.807) is 35.2 Å². The Morgan fingerprint density at radius 3 is 2.50 bits per heavy atom. The van der Waals surface area contributed by atoms with Gasteiger partial charge in [-0.15, -0.1) is 0 Å². The van der Waals surface area contributed by atoms with Gasteiger partial charge < -0.3 is 19.7 Å². The zero-order valence-corrected chi connectivity index (χ0v) is 19.0. The molecule has 2 N–H and O–H groups in total. The first kappa shape index (κ1) is 24.5. The molecule has 0 amide bonds. The highest BCUT2D eigenvalue weighted by Gasteiger charge is 2.22. The van der Waals surface area contributed by atoms with Crippen LogP contribution >= 0.6 is 0 Å². The van der Waals surface area contributed by atoms with Gasteiger partial charge in [0.2, 0.25) is 0 Å². The Balaban J connectivity index is 1.76. The van der Waals surface area contributed by atoms with Gasteiger partial charge in [-0.05, 0) is 36.8 Å². The van der Waals surface area contributed by atoms with E-state index in [1.807, 2.05) is 13.1 Å². The number of nitrogens with zero attached hydrogens (tertiary/aromatic N) is 5. The number of hydrogen-bond acceptors (Lipinski definition) is 7. The molecule has 0 aliphatic carbocycles. The molecule has 12 heteroatoms. The number of hydrogen-bond donors (Lipinski definition) is 2. The SMILES string of the molecule is COc1cc(Nc2cc(C#N)nn([C@@H](CO)c3cc(F)c(F)c(F)c3)c2=O)ccc1-n1cnc(C)c1. The van der Waals surface area contributed by atoms with Crippen LogP contribution in [0.25, 0.3) is 5.69 Å². The zero-order chi connectivity index (χ0) is 26.0. The molecular weight excluding hydrogens is 477 g/mol. The third kappa shape index (κ3) is 4.64. The van der Waals surface area contributed by atoms with Gasteiger partial charge in [0.1, 0.15) is 23.5 Å². The van der Waals surface area contributed by atoms with E-state index in [1.165, 1.54) is 13.2 Å². The third-order valence-corrected chi connectivity index (χ3v) is 5.36. The molecule has 0 aliphatic rings. The standard InChI is InChI=1S/C24H19F3N6O3/c1-13-10-32(12-29-13)20-4-3-15(8-22(20)36-2)30-19-7-16(9-28)31-33(24(19)35)21(11-34)14-5-17(25)23(27)18(26)6-14/h3-8,10,12,21,30,34H,11H2,1-2H3/t21-/m0/s1. The zero-order valence-electron chi connectivity index (χ0n) is 19.0. The van der Waals surface area contributed by atoms with Gasteiger partial charge in [-0.3, -0.25) is 4.79 Å². The number of imidazole rings is 1. The molecule has 0 aliphatic heterocycles. The average Bonchev–Trinajstić information content (AvgIpc) is 3.30. The Hall–Kier alpha value is -4.63. The normalized spacial score (nSPS) is 11.7. The van der Waals surface area contributed by atoms with Crippen molar-refractivity contribution in [1.82, 2.24) is 19.3 Å². The van der Waals surface area contributed by atoms with E-state index in [4.69, 9.17) is 4.74 Å². The predicted octanol–water partition coefficient (Wildman–Crippen LogP) is 3.36. The van der Waals surface area contributed by atoms with Gasteiger partial charge in [-0.25, -0.2) is 22.8 Å². The maximum atomic E-state index is 13.8. The summed E-state index contributed by atoms with van der Waals surface area (Å²) in [6, 6.07) is 7.93. The number of nitriles is 1. The van der Waals surface area contributed by atoms with Crippen molar-refractivity contribution in [1.29, 1.82) is 5.26 Å².